The van der Waals surface area contributed by atoms with E-state index in [1.54, 1.807) is 18.6 Å². The molecule has 3 heterocycles. The van der Waals surface area contributed by atoms with Gasteiger partial charge in [-0.05, 0) is 42.2 Å². The lowest BCUT2D eigenvalue weighted by Gasteiger charge is -2.20. The molecule has 7 heteroatoms. The molecule has 1 atom stereocenters. The molecule has 7 nitrogen and oxygen atoms in total. The molecule has 0 aromatic carbocycles. The Kier molecular flexibility index (Phi) is 6.86. The summed E-state index contributed by atoms with van der Waals surface area (Å²) in [6.07, 6.45) is 6.19. The maximum Gasteiger partial charge on any atom is 0.225 e. The quantitative estimate of drug-likeness (QED) is 0.527. The minimum Gasteiger partial charge on any atom is -0.394 e. The van der Waals surface area contributed by atoms with Crippen LogP contribution in [0.4, 0.5) is 11.8 Å². The third-order valence-corrected chi connectivity index (χ3v) is 4.44. The first-order chi connectivity index (χ1) is 13.7. The van der Waals surface area contributed by atoms with Crippen LogP contribution in [0.15, 0.2) is 55.0 Å². The zero-order valence-corrected chi connectivity index (χ0v) is 16.2. The number of aromatic nitrogens is 4. The van der Waals surface area contributed by atoms with Crippen molar-refractivity contribution in [3.05, 3.63) is 60.6 Å². The van der Waals surface area contributed by atoms with E-state index in [1.165, 1.54) is 5.56 Å². The van der Waals surface area contributed by atoms with Gasteiger partial charge >= 0.3 is 0 Å². The molecule has 0 saturated heterocycles. The molecule has 0 aliphatic carbocycles. The predicted molar refractivity (Wildman–Crippen MR) is 111 cm³/mol. The molecule has 28 heavy (non-hydrogen) atoms. The molecule has 0 aliphatic rings. The van der Waals surface area contributed by atoms with Crippen LogP contribution < -0.4 is 10.6 Å². The minimum absolute atomic E-state index is 0.0135. The molecule has 0 amide bonds. The van der Waals surface area contributed by atoms with Gasteiger partial charge in [0.1, 0.15) is 5.82 Å². The second-order valence-corrected chi connectivity index (χ2v) is 6.89. The summed E-state index contributed by atoms with van der Waals surface area (Å²) in [4.78, 5) is 17.6. The van der Waals surface area contributed by atoms with Gasteiger partial charge in [0.25, 0.3) is 0 Å². The SMILES string of the molecule is CC(C)[C@H](CO)Nc1nc(NCCc2ccncc2)cc(-c2ccccn2)n1. The lowest BCUT2D eigenvalue weighted by Crippen LogP contribution is -2.30. The fourth-order valence-electron chi connectivity index (χ4n) is 2.72. The van der Waals surface area contributed by atoms with Crippen LogP contribution in [0.25, 0.3) is 11.4 Å². The van der Waals surface area contributed by atoms with Crippen molar-refractivity contribution in [3.8, 4) is 11.4 Å². The molecular formula is C21H26N6O. The van der Waals surface area contributed by atoms with Gasteiger partial charge in [0.15, 0.2) is 0 Å². The number of aliphatic hydroxyl groups excluding tert-OH is 1. The number of hydrogen-bond acceptors (Lipinski definition) is 7. The van der Waals surface area contributed by atoms with E-state index in [0.717, 1.165) is 24.4 Å². The average Bonchev–Trinajstić information content (AvgIpc) is 2.73. The van der Waals surface area contributed by atoms with Crippen LogP contribution in [0.2, 0.25) is 0 Å². The summed E-state index contributed by atoms with van der Waals surface area (Å²) < 4.78 is 0. The van der Waals surface area contributed by atoms with Crippen LogP contribution in [0.5, 0.6) is 0 Å². The Bertz CT molecular complexity index is 857. The van der Waals surface area contributed by atoms with Crippen LogP contribution in [-0.4, -0.2) is 44.2 Å². The lowest BCUT2D eigenvalue weighted by atomic mass is 10.1. The predicted octanol–water partition coefficient (Wildman–Crippen LogP) is 3.02. The van der Waals surface area contributed by atoms with Gasteiger partial charge in [-0.3, -0.25) is 9.97 Å². The minimum atomic E-state index is -0.122. The van der Waals surface area contributed by atoms with E-state index in [9.17, 15) is 5.11 Å². The van der Waals surface area contributed by atoms with Crippen molar-refractivity contribution in [3.63, 3.8) is 0 Å². The smallest absolute Gasteiger partial charge is 0.225 e. The second kappa shape index (κ2) is 9.75. The van der Waals surface area contributed by atoms with Gasteiger partial charge in [-0.2, -0.15) is 4.98 Å². The van der Waals surface area contributed by atoms with Gasteiger partial charge in [-0.1, -0.05) is 19.9 Å². The van der Waals surface area contributed by atoms with E-state index in [2.05, 4.69) is 30.6 Å². The standard InChI is InChI=1S/C21H26N6O/c1-15(2)19(14-28)26-21-25-18(17-5-3-4-9-23-17)13-20(27-21)24-12-8-16-6-10-22-11-7-16/h3-7,9-11,13,15,19,28H,8,12,14H2,1-2H3,(H2,24,25,26,27)/t19-/m0/s1. The van der Waals surface area contributed by atoms with Gasteiger partial charge in [0.2, 0.25) is 5.95 Å². The summed E-state index contributed by atoms with van der Waals surface area (Å²) in [7, 11) is 0. The van der Waals surface area contributed by atoms with Crippen molar-refractivity contribution in [2.75, 3.05) is 23.8 Å². The number of aliphatic hydroxyl groups is 1. The fourth-order valence-corrected chi connectivity index (χ4v) is 2.72. The zero-order valence-electron chi connectivity index (χ0n) is 16.2. The molecule has 0 bridgehead atoms. The number of anilines is 2. The summed E-state index contributed by atoms with van der Waals surface area (Å²) in [6, 6.07) is 11.5. The third kappa shape index (κ3) is 5.47. The van der Waals surface area contributed by atoms with Crippen molar-refractivity contribution >= 4 is 11.8 Å². The number of nitrogens with zero attached hydrogens (tertiary/aromatic N) is 4. The Labute approximate surface area is 165 Å². The van der Waals surface area contributed by atoms with E-state index < -0.39 is 0 Å². The highest BCUT2D eigenvalue weighted by Gasteiger charge is 2.15. The molecule has 0 aliphatic heterocycles. The maximum atomic E-state index is 9.63. The number of hydrogen-bond donors (Lipinski definition) is 3. The third-order valence-electron chi connectivity index (χ3n) is 4.44. The normalized spacial score (nSPS) is 12.0. The maximum absolute atomic E-state index is 9.63. The number of nitrogens with one attached hydrogen (secondary N) is 2. The van der Waals surface area contributed by atoms with E-state index in [0.29, 0.717) is 11.8 Å². The highest BCUT2D eigenvalue weighted by molar-refractivity contribution is 5.61. The summed E-state index contributed by atoms with van der Waals surface area (Å²) in [5, 5.41) is 16.2. The van der Waals surface area contributed by atoms with E-state index >= 15 is 0 Å². The summed E-state index contributed by atoms with van der Waals surface area (Å²) in [5.41, 5.74) is 2.71. The van der Waals surface area contributed by atoms with Gasteiger partial charge in [-0.15, -0.1) is 0 Å². The molecule has 146 valence electrons. The highest BCUT2D eigenvalue weighted by atomic mass is 16.3. The molecule has 0 unspecified atom stereocenters. The van der Waals surface area contributed by atoms with Gasteiger partial charge in [0, 0.05) is 31.2 Å². The molecule has 3 rings (SSSR count). The first-order valence-corrected chi connectivity index (χ1v) is 9.46. The van der Waals surface area contributed by atoms with Crippen molar-refractivity contribution in [1.82, 2.24) is 19.9 Å². The zero-order chi connectivity index (χ0) is 19.8. The van der Waals surface area contributed by atoms with Crippen molar-refractivity contribution in [2.45, 2.75) is 26.3 Å². The van der Waals surface area contributed by atoms with Crippen molar-refractivity contribution < 1.29 is 5.11 Å². The highest BCUT2D eigenvalue weighted by Crippen LogP contribution is 2.20. The average molecular weight is 378 g/mol. The van der Waals surface area contributed by atoms with Crippen LogP contribution in [0, 0.1) is 5.92 Å². The largest absolute Gasteiger partial charge is 0.394 e. The van der Waals surface area contributed by atoms with Crippen LogP contribution in [0.1, 0.15) is 19.4 Å². The summed E-state index contributed by atoms with van der Waals surface area (Å²) >= 11 is 0. The van der Waals surface area contributed by atoms with Gasteiger partial charge < -0.3 is 15.7 Å². The number of pyridine rings is 2. The molecule has 0 radical (unpaired) electrons. The van der Waals surface area contributed by atoms with E-state index in [4.69, 9.17) is 0 Å². The van der Waals surface area contributed by atoms with Crippen molar-refractivity contribution in [2.24, 2.45) is 5.92 Å². The molecule has 0 saturated carbocycles. The number of rotatable bonds is 9. The second-order valence-electron chi connectivity index (χ2n) is 6.89. The first kappa shape index (κ1) is 19.7. The van der Waals surface area contributed by atoms with E-state index in [-0.39, 0.29) is 18.6 Å². The fraction of sp³-hybridized carbons (Fsp3) is 0.333. The Balaban J connectivity index is 1.80. The van der Waals surface area contributed by atoms with E-state index in [1.807, 2.05) is 50.2 Å². The molecule has 3 N–H and O–H groups in total. The van der Waals surface area contributed by atoms with Gasteiger partial charge in [-0.25, -0.2) is 4.98 Å². The first-order valence-electron chi connectivity index (χ1n) is 9.46. The van der Waals surface area contributed by atoms with Crippen molar-refractivity contribution in [1.29, 1.82) is 0 Å². The van der Waals surface area contributed by atoms with Crippen LogP contribution in [0.3, 0.4) is 0 Å². The lowest BCUT2D eigenvalue weighted by molar-refractivity contribution is 0.248. The molecule has 0 spiro atoms. The Morgan fingerprint density at radius 2 is 1.82 bits per heavy atom. The monoisotopic (exact) mass is 378 g/mol. The molecule has 3 aromatic rings. The molecular weight excluding hydrogens is 352 g/mol. The Morgan fingerprint density at radius 3 is 2.50 bits per heavy atom. The molecule has 0 fully saturated rings. The summed E-state index contributed by atoms with van der Waals surface area (Å²) in [5.74, 6) is 1.44. The Morgan fingerprint density at radius 1 is 1.00 bits per heavy atom. The molecule has 3 aromatic heterocycles. The van der Waals surface area contributed by atoms with Gasteiger partial charge in [0.05, 0.1) is 24.0 Å². The van der Waals surface area contributed by atoms with Crippen LogP contribution >= 0.6 is 0 Å². The topological polar surface area (TPSA) is 95.8 Å². The van der Waals surface area contributed by atoms with Crippen LogP contribution in [-0.2, 0) is 6.42 Å². The summed E-state index contributed by atoms with van der Waals surface area (Å²) in [6.45, 7) is 4.84. The Hall–Kier alpha value is -3.06.